The van der Waals surface area contributed by atoms with Crippen LogP contribution in [-0.4, -0.2) is 28.5 Å². The van der Waals surface area contributed by atoms with Crippen molar-refractivity contribution in [2.45, 2.75) is 39.7 Å². The lowest BCUT2D eigenvalue weighted by Gasteiger charge is -2.27. The summed E-state index contributed by atoms with van der Waals surface area (Å²) < 4.78 is 2.05. The lowest BCUT2D eigenvalue weighted by Crippen LogP contribution is -2.38. The molecule has 1 aromatic carbocycles. The van der Waals surface area contributed by atoms with E-state index in [1.54, 1.807) is 6.20 Å². The molecular weight excluding hydrogens is 383 g/mol. The minimum absolute atomic E-state index is 0. The van der Waals surface area contributed by atoms with Gasteiger partial charge in [-0.3, -0.25) is 4.79 Å². The fourth-order valence-electron chi connectivity index (χ4n) is 4.39. The molecule has 2 aliphatic rings. The highest BCUT2D eigenvalue weighted by molar-refractivity contribution is 5.86. The molecular formula is C20H28Cl2N4O. The number of benzene rings is 1. The van der Waals surface area contributed by atoms with Crippen LogP contribution in [0.2, 0.25) is 0 Å². The predicted octanol–water partition coefficient (Wildman–Crippen LogP) is 3.42. The highest BCUT2D eigenvalue weighted by Crippen LogP contribution is 2.68. The summed E-state index contributed by atoms with van der Waals surface area (Å²) in [6.45, 7) is 6.79. The topological polar surface area (TPSA) is 59.0 Å². The summed E-state index contributed by atoms with van der Waals surface area (Å²) in [6.07, 6.45) is 7.03. The largest absolute Gasteiger partial charge is 0.352 e. The van der Waals surface area contributed by atoms with E-state index in [1.165, 1.54) is 0 Å². The molecule has 5 nitrogen and oxygen atoms in total. The van der Waals surface area contributed by atoms with Gasteiger partial charge in [-0.15, -0.1) is 24.8 Å². The van der Waals surface area contributed by atoms with Gasteiger partial charge in [-0.1, -0.05) is 19.1 Å². The number of carbonyl (C=O) groups is 1. The first-order valence-electron chi connectivity index (χ1n) is 9.12. The van der Waals surface area contributed by atoms with Crippen molar-refractivity contribution in [2.24, 2.45) is 10.8 Å². The zero-order valence-electron chi connectivity index (χ0n) is 15.8. The Morgan fingerprint density at radius 2 is 1.89 bits per heavy atom. The molecule has 7 heteroatoms. The number of amides is 1. The van der Waals surface area contributed by atoms with E-state index in [4.69, 9.17) is 0 Å². The van der Waals surface area contributed by atoms with E-state index in [2.05, 4.69) is 51.4 Å². The maximum absolute atomic E-state index is 12.7. The van der Waals surface area contributed by atoms with Crippen LogP contribution < -0.4 is 10.6 Å². The number of imidazole rings is 1. The van der Waals surface area contributed by atoms with Gasteiger partial charge in [0, 0.05) is 24.6 Å². The van der Waals surface area contributed by atoms with Crippen LogP contribution in [0.25, 0.3) is 5.69 Å². The molecule has 1 atom stereocenters. The Hall–Kier alpha value is -1.56. The van der Waals surface area contributed by atoms with Crippen molar-refractivity contribution in [1.82, 2.24) is 20.2 Å². The molecule has 0 bridgehead atoms. The molecule has 4 rings (SSSR count). The number of nitrogens with one attached hydrogen (secondary N) is 2. The van der Waals surface area contributed by atoms with Crippen LogP contribution in [0.1, 0.15) is 37.6 Å². The van der Waals surface area contributed by atoms with Gasteiger partial charge in [0.05, 0.1) is 5.41 Å². The minimum atomic E-state index is -0.178. The molecule has 1 saturated carbocycles. The molecule has 1 spiro atoms. The summed E-state index contributed by atoms with van der Waals surface area (Å²) >= 11 is 0. The smallest absolute Gasteiger partial charge is 0.226 e. The van der Waals surface area contributed by atoms with Crippen LogP contribution >= 0.6 is 24.8 Å². The van der Waals surface area contributed by atoms with Crippen molar-refractivity contribution in [3.05, 3.63) is 48.0 Å². The van der Waals surface area contributed by atoms with Crippen LogP contribution in [0.5, 0.6) is 0 Å². The van der Waals surface area contributed by atoms with E-state index in [-0.39, 0.29) is 41.6 Å². The molecule has 2 fully saturated rings. The standard InChI is InChI=1S/C20H26N4O.2ClH/c1-15-22-11-12-24(15)17-5-3-16(4-6-17)13-23-18(25)19(2)14-20(19)7-9-21-10-8-20;;/h3-6,11-12,21H,7-10,13-14H2,1-2H3,(H,23,25);2*1H. The Morgan fingerprint density at radius 3 is 2.48 bits per heavy atom. The molecule has 1 aliphatic heterocycles. The molecule has 27 heavy (non-hydrogen) atoms. The summed E-state index contributed by atoms with van der Waals surface area (Å²) in [6, 6.07) is 8.29. The Morgan fingerprint density at radius 1 is 1.22 bits per heavy atom. The van der Waals surface area contributed by atoms with Crippen molar-refractivity contribution in [3.8, 4) is 5.69 Å². The number of rotatable bonds is 4. The normalized spacial score (nSPS) is 22.4. The summed E-state index contributed by atoms with van der Waals surface area (Å²) in [4.78, 5) is 17.0. The number of piperidine rings is 1. The van der Waals surface area contributed by atoms with Gasteiger partial charge in [-0.05, 0) is 62.4 Å². The summed E-state index contributed by atoms with van der Waals surface area (Å²) in [5.74, 6) is 1.18. The molecule has 1 unspecified atom stereocenters. The van der Waals surface area contributed by atoms with Crippen LogP contribution in [0.3, 0.4) is 0 Å². The zero-order valence-corrected chi connectivity index (χ0v) is 17.5. The van der Waals surface area contributed by atoms with Crippen LogP contribution in [0.15, 0.2) is 36.7 Å². The first kappa shape index (κ1) is 21.7. The van der Waals surface area contributed by atoms with Gasteiger partial charge in [0.25, 0.3) is 0 Å². The zero-order chi connectivity index (χ0) is 17.5. The third-order valence-electron chi connectivity index (χ3n) is 6.29. The molecule has 2 heterocycles. The molecule has 1 aromatic heterocycles. The summed E-state index contributed by atoms with van der Waals surface area (Å²) in [5.41, 5.74) is 2.28. The third-order valence-corrected chi connectivity index (χ3v) is 6.29. The number of hydrogen-bond acceptors (Lipinski definition) is 3. The highest BCUT2D eigenvalue weighted by atomic mass is 35.5. The fraction of sp³-hybridized carbons (Fsp3) is 0.500. The number of aryl methyl sites for hydroxylation is 1. The van der Waals surface area contributed by atoms with Crippen LogP contribution in [-0.2, 0) is 11.3 Å². The predicted molar refractivity (Wildman–Crippen MR) is 112 cm³/mol. The second kappa shape index (κ2) is 8.21. The molecule has 1 aliphatic carbocycles. The van der Waals surface area contributed by atoms with Crippen LogP contribution in [0.4, 0.5) is 0 Å². The Kier molecular flexibility index (Phi) is 6.61. The number of carbonyl (C=O) groups excluding carboxylic acids is 1. The van der Waals surface area contributed by atoms with E-state index in [9.17, 15) is 4.79 Å². The molecule has 2 N–H and O–H groups in total. The lowest BCUT2D eigenvalue weighted by molar-refractivity contribution is -0.127. The molecule has 2 aromatic rings. The second-order valence-electron chi connectivity index (χ2n) is 7.73. The minimum Gasteiger partial charge on any atom is -0.352 e. The van der Waals surface area contributed by atoms with Crippen molar-refractivity contribution in [2.75, 3.05) is 13.1 Å². The fourth-order valence-corrected chi connectivity index (χ4v) is 4.39. The molecule has 0 radical (unpaired) electrons. The van der Waals surface area contributed by atoms with E-state index >= 15 is 0 Å². The van der Waals surface area contributed by atoms with Crippen molar-refractivity contribution in [1.29, 1.82) is 0 Å². The SMILES string of the molecule is Cc1nccn1-c1ccc(CNC(=O)C2(C)CC23CCNCC3)cc1.Cl.Cl. The molecule has 1 amide bonds. The monoisotopic (exact) mass is 410 g/mol. The van der Waals surface area contributed by atoms with Crippen LogP contribution in [0, 0.1) is 17.8 Å². The van der Waals surface area contributed by atoms with Gasteiger partial charge in [-0.2, -0.15) is 0 Å². The summed E-state index contributed by atoms with van der Waals surface area (Å²) in [5, 5.41) is 6.56. The average Bonchev–Trinajstić information content (AvgIpc) is 2.98. The van der Waals surface area contributed by atoms with E-state index in [0.29, 0.717) is 6.54 Å². The van der Waals surface area contributed by atoms with Gasteiger partial charge in [0.15, 0.2) is 0 Å². The van der Waals surface area contributed by atoms with Gasteiger partial charge < -0.3 is 15.2 Å². The maximum atomic E-state index is 12.7. The Bertz CT molecular complexity index is 784. The third kappa shape index (κ3) is 3.86. The van der Waals surface area contributed by atoms with E-state index < -0.39 is 0 Å². The number of aromatic nitrogens is 2. The van der Waals surface area contributed by atoms with E-state index in [0.717, 1.165) is 49.4 Å². The molecule has 1 saturated heterocycles. The van der Waals surface area contributed by atoms with Gasteiger partial charge in [0.2, 0.25) is 5.91 Å². The number of nitrogens with zero attached hydrogens (tertiary/aromatic N) is 2. The first-order chi connectivity index (χ1) is 12.0. The van der Waals surface area contributed by atoms with Gasteiger partial charge >= 0.3 is 0 Å². The highest BCUT2D eigenvalue weighted by Gasteiger charge is 2.67. The van der Waals surface area contributed by atoms with Gasteiger partial charge in [0.1, 0.15) is 5.82 Å². The lowest BCUT2D eigenvalue weighted by atomic mass is 9.85. The molecule has 148 valence electrons. The maximum Gasteiger partial charge on any atom is 0.226 e. The van der Waals surface area contributed by atoms with Crippen molar-refractivity contribution in [3.63, 3.8) is 0 Å². The Labute approximate surface area is 173 Å². The number of halogens is 2. The van der Waals surface area contributed by atoms with E-state index in [1.807, 2.05) is 13.1 Å². The van der Waals surface area contributed by atoms with Crippen molar-refractivity contribution >= 4 is 30.7 Å². The second-order valence-corrected chi connectivity index (χ2v) is 7.73. The number of hydrogen-bond donors (Lipinski definition) is 2. The van der Waals surface area contributed by atoms with Crippen molar-refractivity contribution < 1.29 is 4.79 Å². The van der Waals surface area contributed by atoms with Gasteiger partial charge in [-0.25, -0.2) is 4.98 Å². The quantitative estimate of drug-likeness (QED) is 0.811. The first-order valence-corrected chi connectivity index (χ1v) is 9.12. The average molecular weight is 411 g/mol. The Balaban J connectivity index is 0.00000131. The summed E-state index contributed by atoms with van der Waals surface area (Å²) in [7, 11) is 0.